The van der Waals surface area contributed by atoms with Gasteiger partial charge in [0.2, 0.25) is 5.78 Å². The maximum Gasteiger partial charge on any atom is 0.233 e. The minimum Gasteiger partial charge on any atom is -0.355 e. The van der Waals surface area contributed by atoms with Crippen LogP contribution < -0.4 is 4.90 Å². The number of piperidine rings is 1. The van der Waals surface area contributed by atoms with Crippen LogP contribution in [0, 0.1) is 13.8 Å². The molecule has 0 unspecified atom stereocenters. The molecule has 2 rings (SSSR count). The first-order chi connectivity index (χ1) is 9.00. The van der Waals surface area contributed by atoms with Crippen LogP contribution in [0.25, 0.3) is 0 Å². The van der Waals surface area contributed by atoms with Crippen molar-refractivity contribution in [3.63, 3.8) is 0 Å². The van der Waals surface area contributed by atoms with E-state index in [-0.39, 0.29) is 11.6 Å². The van der Waals surface area contributed by atoms with Crippen LogP contribution in [0.4, 0.5) is 0 Å². The second kappa shape index (κ2) is 5.70. The number of ketones is 2. The van der Waals surface area contributed by atoms with Crippen LogP contribution in [-0.2, 0) is 0 Å². The maximum atomic E-state index is 12.4. The van der Waals surface area contributed by atoms with E-state index in [0.29, 0.717) is 17.8 Å². The van der Waals surface area contributed by atoms with E-state index in [4.69, 9.17) is 0 Å². The number of nitrogens with one attached hydrogen (secondary N) is 2. The highest BCUT2D eigenvalue weighted by atomic mass is 16.1. The third kappa shape index (κ3) is 2.95. The highest BCUT2D eigenvalue weighted by molar-refractivity contribution is 6.03. The van der Waals surface area contributed by atoms with Crippen molar-refractivity contribution in [1.82, 2.24) is 4.98 Å². The fourth-order valence-electron chi connectivity index (χ4n) is 3.10. The lowest BCUT2D eigenvalue weighted by Gasteiger charge is -2.22. The van der Waals surface area contributed by atoms with Crippen molar-refractivity contribution in [1.29, 1.82) is 0 Å². The van der Waals surface area contributed by atoms with Crippen molar-refractivity contribution < 1.29 is 14.5 Å². The topological polar surface area (TPSA) is 54.4 Å². The zero-order valence-corrected chi connectivity index (χ0v) is 12.1. The molecule has 2 heterocycles. The number of carbonyl (C=O) groups is 2. The normalized spacial score (nSPS) is 16.6. The van der Waals surface area contributed by atoms with Crippen LogP contribution in [-0.4, -0.2) is 36.2 Å². The smallest absolute Gasteiger partial charge is 0.233 e. The molecule has 0 aromatic carbocycles. The quantitative estimate of drug-likeness (QED) is 0.799. The van der Waals surface area contributed by atoms with Gasteiger partial charge in [-0.1, -0.05) is 0 Å². The number of aromatic amines is 1. The molecular weight excluding hydrogens is 240 g/mol. The third-order valence-electron chi connectivity index (χ3n) is 4.04. The summed E-state index contributed by atoms with van der Waals surface area (Å²) in [4.78, 5) is 28.4. The van der Waals surface area contributed by atoms with Crippen LogP contribution >= 0.6 is 0 Å². The second-order valence-corrected chi connectivity index (χ2v) is 5.59. The number of hydrogen-bond acceptors (Lipinski definition) is 2. The summed E-state index contributed by atoms with van der Waals surface area (Å²) in [6.07, 6.45) is 3.71. The van der Waals surface area contributed by atoms with Crippen molar-refractivity contribution in [2.24, 2.45) is 0 Å². The molecule has 0 amide bonds. The number of H-pyrrole nitrogens is 1. The number of carbonyl (C=O) groups excluding carboxylic acids is 2. The Labute approximate surface area is 114 Å². The van der Waals surface area contributed by atoms with Crippen molar-refractivity contribution in [3.05, 3.63) is 22.5 Å². The monoisotopic (exact) mass is 263 g/mol. The number of aryl methyl sites for hydroxylation is 1. The molecule has 1 aromatic heterocycles. The molecule has 104 valence electrons. The molecule has 0 radical (unpaired) electrons. The molecule has 1 saturated heterocycles. The van der Waals surface area contributed by atoms with Gasteiger partial charge in [-0.05, 0) is 45.6 Å². The minimum atomic E-state index is 0.0237. The second-order valence-electron chi connectivity index (χ2n) is 5.59. The van der Waals surface area contributed by atoms with Gasteiger partial charge in [0.1, 0.15) is 6.54 Å². The molecule has 1 fully saturated rings. The lowest BCUT2D eigenvalue weighted by Crippen LogP contribution is -3.13. The molecule has 1 aliphatic rings. The number of Topliss-reactive ketones (excluding diaryl/α,β-unsaturated/α-hetero) is 2. The summed E-state index contributed by atoms with van der Waals surface area (Å²) in [7, 11) is 0. The number of quaternary nitrogens is 1. The zero-order chi connectivity index (χ0) is 14.0. The van der Waals surface area contributed by atoms with Crippen molar-refractivity contribution >= 4 is 11.6 Å². The van der Waals surface area contributed by atoms with Crippen LogP contribution in [0.2, 0.25) is 0 Å². The molecule has 0 bridgehead atoms. The van der Waals surface area contributed by atoms with Gasteiger partial charge in [0.25, 0.3) is 0 Å². The van der Waals surface area contributed by atoms with E-state index in [2.05, 4.69) is 4.98 Å². The Morgan fingerprint density at radius 2 is 1.79 bits per heavy atom. The number of aromatic nitrogens is 1. The van der Waals surface area contributed by atoms with E-state index in [1.165, 1.54) is 24.2 Å². The SMILES string of the molecule is CC(=O)c1c(C)[nH]c(C(=O)C[NH+]2CCCCC2)c1C. The van der Waals surface area contributed by atoms with E-state index in [1.807, 2.05) is 13.8 Å². The van der Waals surface area contributed by atoms with E-state index in [1.54, 1.807) is 6.92 Å². The molecule has 1 aliphatic heterocycles. The Bertz CT molecular complexity index is 496. The molecule has 4 nitrogen and oxygen atoms in total. The first-order valence-corrected chi connectivity index (χ1v) is 7.07. The summed E-state index contributed by atoms with van der Waals surface area (Å²) >= 11 is 0. The Balaban J connectivity index is 2.15. The lowest BCUT2D eigenvalue weighted by molar-refractivity contribution is -0.896. The third-order valence-corrected chi connectivity index (χ3v) is 4.04. The van der Waals surface area contributed by atoms with Crippen LogP contribution in [0.1, 0.15) is 58.3 Å². The van der Waals surface area contributed by atoms with Crippen molar-refractivity contribution in [2.45, 2.75) is 40.0 Å². The van der Waals surface area contributed by atoms with Crippen LogP contribution in [0.3, 0.4) is 0 Å². The summed E-state index contributed by atoms with van der Waals surface area (Å²) in [5.74, 6) is 0.153. The van der Waals surface area contributed by atoms with Gasteiger partial charge < -0.3 is 9.88 Å². The fraction of sp³-hybridized carbons (Fsp3) is 0.600. The molecular formula is C15H23N2O2+. The molecule has 2 N–H and O–H groups in total. The van der Waals surface area contributed by atoms with Gasteiger partial charge in [0.05, 0.1) is 18.8 Å². The Morgan fingerprint density at radius 3 is 2.32 bits per heavy atom. The molecule has 19 heavy (non-hydrogen) atoms. The summed E-state index contributed by atoms with van der Waals surface area (Å²) in [5, 5.41) is 0. The minimum absolute atomic E-state index is 0.0237. The van der Waals surface area contributed by atoms with Gasteiger partial charge in [0, 0.05) is 11.3 Å². The summed E-state index contributed by atoms with van der Waals surface area (Å²) in [5.41, 5.74) is 2.92. The van der Waals surface area contributed by atoms with Crippen LogP contribution in [0.15, 0.2) is 0 Å². The van der Waals surface area contributed by atoms with Crippen molar-refractivity contribution in [3.8, 4) is 0 Å². The summed E-state index contributed by atoms with van der Waals surface area (Å²) in [6, 6.07) is 0. The van der Waals surface area contributed by atoms with Gasteiger partial charge in [-0.2, -0.15) is 0 Å². The van der Waals surface area contributed by atoms with E-state index in [0.717, 1.165) is 24.3 Å². The number of hydrogen-bond donors (Lipinski definition) is 2. The molecule has 0 atom stereocenters. The molecule has 1 aromatic rings. The Morgan fingerprint density at radius 1 is 1.16 bits per heavy atom. The van der Waals surface area contributed by atoms with E-state index in [9.17, 15) is 9.59 Å². The number of likely N-dealkylation sites (tertiary alicyclic amines) is 1. The van der Waals surface area contributed by atoms with Gasteiger partial charge in [-0.25, -0.2) is 0 Å². The molecule has 0 aliphatic carbocycles. The Kier molecular flexibility index (Phi) is 4.20. The van der Waals surface area contributed by atoms with E-state index >= 15 is 0 Å². The van der Waals surface area contributed by atoms with Gasteiger partial charge in [-0.15, -0.1) is 0 Å². The number of rotatable bonds is 4. The average Bonchev–Trinajstić information content (AvgIpc) is 2.66. The predicted molar refractivity (Wildman–Crippen MR) is 74.0 cm³/mol. The molecule has 4 heteroatoms. The van der Waals surface area contributed by atoms with Gasteiger partial charge >= 0.3 is 0 Å². The highest BCUT2D eigenvalue weighted by Crippen LogP contribution is 2.18. The first-order valence-electron chi connectivity index (χ1n) is 7.07. The van der Waals surface area contributed by atoms with E-state index < -0.39 is 0 Å². The standard InChI is InChI=1S/C15H22N2O2/c1-10-14(12(3)18)11(2)16-15(10)13(19)9-17-7-5-4-6-8-17/h16H,4-9H2,1-3H3/p+1. The largest absolute Gasteiger partial charge is 0.355 e. The van der Waals surface area contributed by atoms with Gasteiger partial charge in [0.15, 0.2) is 5.78 Å². The molecule has 0 spiro atoms. The fourth-order valence-corrected chi connectivity index (χ4v) is 3.10. The summed E-state index contributed by atoms with van der Waals surface area (Å²) < 4.78 is 0. The van der Waals surface area contributed by atoms with Crippen molar-refractivity contribution in [2.75, 3.05) is 19.6 Å². The Hall–Kier alpha value is -1.42. The maximum absolute atomic E-state index is 12.4. The molecule has 0 saturated carbocycles. The summed E-state index contributed by atoms with van der Waals surface area (Å²) in [6.45, 7) is 7.98. The van der Waals surface area contributed by atoms with Gasteiger partial charge in [-0.3, -0.25) is 9.59 Å². The van der Waals surface area contributed by atoms with Crippen LogP contribution in [0.5, 0.6) is 0 Å². The average molecular weight is 263 g/mol. The first kappa shape index (κ1) is 14.0. The zero-order valence-electron chi connectivity index (χ0n) is 12.1. The predicted octanol–water partition coefficient (Wildman–Crippen LogP) is 1.09. The lowest BCUT2D eigenvalue weighted by atomic mass is 10.0. The highest BCUT2D eigenvalue weighted by Gasteiger charge is 2.23.